The number of carbonyl (C=O) groups is 4. The number of ether oxygens (including phenoxy) is 4. The standard InChI is InChI=1S/C29H34O9S/c1-6-20-7-9-21(10-8-20)13-23-14-22(11-12-24(23)34)29-28(38-19(5)33)27(37-18(4)32)26(36-17(3)31)25(39-29)15-35-16(2)30/h7-12,14,25-29,34H,6,13,15H2,1-5H3/t25?,26-,27+,28?,29-/m1/s1. The molecule has 39 heavy (non-hydrogen) atoms. The van der Waals surface area contributed by atoms with Crippen molar-refractivity contribution in [1.82, 2.24) is 0 Å². The maximum Gasteiger partial charge on any atom is 0.303 e. The highest BCUT2D eigenvalue weighted by Gasteiger charge is 2.52. The van der Waals surface area contributed by atoms with Gasteiger partial charge in [-0.3, -0.25) is 19.2 Å². The fraction of sp³-hybridized carbons (Fsp3) is 0.448. The summed E-state index contributed by atoms with van der Waals surface area (Å²) in [6.07, 6.45) is -1.87. The van der Waals surface area contributed by atoms with Gasteiger partial charge in [-0.15, -0.1) is 11.8 Å². The van der Waals surface area contributed by atoms with E-state index >= 15 is 0 Å². The van der Waals surface area contributed by atoms with Gasteiger partial charge in [0.25, 0.3) is 0 Å². The van der Waals surface area contributed by atoms with Crippen LogP contribution in [0.5, 0.6) is 5.75 Å². The first-order valence-electron chi connectivity index (χ1n) is 12.7. The Labute approximate surface area is 232 Å². The molecule has 5 atom stereocenters. The highest BCUT2D eigenvalue weighted by atomic mass is 32.2. The molecule has 0 radical (unpaired) electrons. The molecule has 2 aromatic rings. The number of benzene rings is 2. The van der Waals surface area contributed by atoms with E-state index in [9.17, 15) is 24.3 Å². The Balaban J connectivity index is 2.05. The normalized spacial score (nSPS) is 22.4. The Morgan fingerprint density at radius 3 is 1.90 bits per heavy atom. The Kier molecular flexibility index (Phi) is 10.4. The van der Waals surface area contributed by atoms with E-state index in [0.717, 1.165) is 12.0 Å². The molecule has 0 bridgehead atoms. The van der Waals surface area contributed by atoms with E-state index in [-0.39, 0.29) is 12.4 Å². The van der Waals surface area contributed by atoms with Crippen molar-refractivity contribution >= 4 is 35.6 Å². The van der Waals surface area contributed by atoms with Gasteiger partial charge in [0.2, 0.25) is 0 Å². The van der Waals surface area contributed by atoms with Crippen molar-refractivity contribution in [3.05, 3.63) is 64.7 Å². The van der Waals surface area contributed by atoms with E-state index in [1.165, 1.54) is 45.0 Å². The number of aromatic hydroxyl groups is 1. The Hall–Kier alpha value is -3.53. The highest BCUT2D eigenvalue weighted by molar-refractivity contribution is 8.00. The molecule has 2 aromatic carbocycles. The van der Waals surface area contributed by atoms with Gasteiger partial charge in [0, 0.05) is 34.1 Å². The van der Waals surface area contributed by atoms with Gasteiger partial charge in [-0.2, -0.15) is 0 Å². The molecule has 1 heterocycles. The average Bonchev–Trinajstić information content (AvgIpc) is 2.86. The van der Waals surface area contributed by atoms with Gasteiger partial charge in [0.1, 0.15) is 12.4 Å². The van der Waals surface area contributed by atoms with Crippen LogP contribution in [0.3, 0.4) is 0 Å². The summed E-state index contributed by atoms with van der Waals surface area (Å²) in [6, 6.07) is 13.2. The molecular formula is C29H34O9S. The van der Waals surface area contributed by atoms with Crippen molar-refractivity contribution in [2.24, 2.45) is 0 Å². The second kappa shape index (κ2) is 13.5. The lowest BCUT2D eigenvalue weighted by Gasteiger charge is -2.44. The molecule has 1 aliphatic heterocycles. The summed E-state index contributed by atoms with van der Waals surface area (Å²) in [5, 5.41) is 9.39. The van der Waals surface area contributed by atoms with E-state index < -0.39 is 52.7 Å². The van der Waals surface area contributed by atoms with E-state index in [1.54, 1.807) is 12.1 Å². The third kappa shape index (κ3) is 8.23. The van der Waals surface area contributed by atoms with Crippen LogP contribution in [0.2, 0.25) is 0 Å². The Morgan fingerprint density at radius 1 is 0.769 bits per heavy atom. The van der Waals surface area contributed by atoms with Crippen molar-refractivity contribution in [3.63, 3.8) is 0 Å². The van der Waals surface area contributed by atoms with Gasteiger partial charge >= 0.3 is 23.9 Å². The SMILES string of the molecule is CCc1ccc(Cc2cc([C@H]3SC(COC(C)=O)[C@@H](OC(C)=O)[C@H](OC(C)=O)C3OC(C)=O)ccc2O)cc1. The van der Waals surface area contributed by atoms with Crippen LogP contribution < -0.4 is 0 Å². The van der Waals surface area contributed by atoms with Gasteiger partial charge < -0.3 is 24.1 Å². The summed E-state index contributed by atoms with van der Waals surface area (Å²) in [5.74, 6) is -2.33. The van der Waals surface area contributed by atoms with E-state index in [4.69, 9.17) is 18.9 Å². The number of carbonyl (C=O) groups excluding carboxylic acids is 4. The van der Waals surface area contributed by atoms with Crippen LogP contribution in [0.4, 0.5) is 0 Å². The second-order valence-electron chi connectivity index (χ2n) is 9.35. The monoisotopic (exact) mass is 558 g/mol. The lowest BCUT2D eigenvalue weighted by molar-refractivity contribution is -0.185. The highest BCUT2D eigenvalue weighted by Crippen LogP contribution is 2.47. The number of phenols is 1. The number of rotatable bonds is 9. The minimum atomic E-state index is -1.17. The molecule has 0 spiro atoms. The summed E-state index contributed by atoms with van der Waals surface area (Å²) in [5.41, 5.74) is 3.56. The summed E-state index contributed by atoms with van der Waals surface area (Å²) >= 11 is 1.28. The zero-order valence-corrected chi connectivity index (χ0v) is 23.5. The molecule has 1 N–H and O–H groups in total. The molecule has 3 rings (SSSR count). The van der Waals surface area contributed by atoms with Crippen LogP contribution in [0.25, 0.3) is 0 Å². The number of esters is 4. The molecular weight excluding hydrogens is 524 g/mol. The topological polar surface area (TPSA) is 125 Å². The van der Waals surface area contributed by atoms with Crippen molar-refractivity contribution in [2.75, 3.05) is 6.61 Å². The summed E-state index contributed by atoms with van der Waals surface area (Å²) in [4.78, 5) is 47.9. The van der Waals surface area contributed by atoms with Crippen molar-refractivity contribution in [2.45, 2.75) is 76.3 Å². The first-order chi connectivity index (χ1) is 18.5. The van der Waals surface area contributed by atoms with Gasteiger partial charge in [-0.05, 0) is 34.7 Å². The molecule has 1 saturated heterocycles. The lowest BCUT2D eigenvalue weighted by atomic mass is 9.93. The predicted octanol–water partition coefficient (Wildman–Crippen LogP) is 4.06. The Morgan fingerprint density at radius 2 is 1.33 bits per heavy atom. The van der Waals surface area contributed by atoms with E-state index in [1.807, 2.05) is 30.3 Å². The van der Waals surface area contributed by atoms with E-state index in [2.05, 4.69) is 6.92 Å². The first-order valence-corrected chi connectivity index (χ1v) is 13.6. The molecule has 2 unspecified atom stereocenters. The van der Waals surface area contributed by atoms with Crippen LogP contribution in [0.1, 0.15) is 62.1 Å². The molecule has 210 valence electrons. The zero-order valence-electron chi connectivity index (χ0n) is 22.7. The van der Waals surface area contributed by atoms with E-state index in [0.29, 0.717) is 17.5 Å². The van der Waals surface area contributed by atoms with Crippen molar-refractivity contribution in [1.29, 1.82) is 0 Å². The van der Waals surface area contributed by atoms with Gasteiger partial charge in [0.05, 0.1) is 10.5 Å². The summed E-state index contributed by atoms with van der Waals surface area (Å²) in [6.45, 7) is 6.86. The molecule has 1 aliphatic rings. The number of thioether (sulfide) groups is 1. The predicted molar refractivity (Wildman–Crippen MR) is 144 cm³/mol. The average molecular weight is 559 g/mol. The van der Waals surface area contributed by atoms with Crippen LogP contribution in [-0.2, 0) is 51.0 Å². The Bertz CT molecular complexity index is 1190. The van der Waals surface area contributed by atoms with Crippen molar-refractivity contribution in [3.8, 4) is 5.75 Å². The zero-order chi connectivity index (χ0) is 28.7. The summed E-state index contributed by atoms with van der Waals surface area (Å²) in [7, 11) is 0. The second-order valence-corrected chi connectivity index (χ2v) is 10.7. The largest absolute Gasteiger partial charge is 0.508 e. The minimum absolute atomic E-state index is 0.106. The molecule has 10 heteroatoms. The maximum absolute atomic E-state index is 12.2. The molecule has 0 aromatic heterocycles. The van der Waals surface area contributed by atoms with Crippen LogP contribution in [0, 0.1) is 0 Å². The van der Waals surface area contributed by atoms with Crippen LogP contribution >= 0.6 is 11.8 Å². The molecule has 1 fully saturated rings. The number of aryl methyl sites for hydroxylation is 1. The molecule has 9 nitrogen and oxygen atoms in total. The van der Waals surface area contributed by atoms with Gasteiger partial charge in [0.15, 0.2) is 18.3 Å². The number of hydrogen-bond donors (Lipinski definition) is 1. The maximum atomic E-state index is 12.2. The number of phenolic OH excluding ortho intramolecular Hbond substituents is 1. The smallest absolute Gasteiger partial charge is 0.303 e. The van der Waals surface area contributed by atoms with Gasteiger partial charge in [-0.1, -0.05) is 43.3 Å². The van der Waals surface area contributed by atoms with Crippen molar-refractivity contribution < 1.29 is 43.2 Å². The third-order valence-corrected chi connectivity index (χ3v) is 7.84. The lowest BCUT2D eigenvalue weighted by Crippen LogP contribution is -2.56. The quantitative estimate of drug-likeness (QED) is 0.356. The van der Waals surface area contributed by atoms with Crippen LogP contribution in [-0.4, -0.2) is 59.2 Å². The third-order valence-electron chi connectivity index (χ3n) is 6.25. The molecule has 0 amide bonds. The number of hydrogen-bond acceptors (Lipinski definition) is 10. The van der Waals surface area contributed by atoms with Gasteiger partial charge in [-0.25, -0.2) is 0 Å². The first kappa shape index (κ1) is 30.0. The fourth-order valence-corrected chi connectivity index (χ4v) is 6.09. The minimum Gasteiger partial charge on any atom is -0.508 e. The molecule has 0 saturated carbocycles. The molecule has 0 aliphatic carbocycles. The fourth-order valence-electron chi connectivity index (χ4n) is 4.53. The summed E-state index contributed by atoms with van der Waals surface area (Å²) < 4.78 is 22.0. The van der Waals surface area contributed by atoms with Crippen LogP contribution in [0.15, 0.2) is 42.5 Å².